The van der Waals surface area contributed by atoms with Crippen LogP contribution in [-0.4, -0.2) is 42.9 Å². The molecule has 1 saturated heterocycles. The van der Waals surface area contributed by atoms with E-state index < -0.39 is 22.2 Å². The van der Waals surface area contributed by atoms with E-state index in [0.29, 0.717) is 19.5 Å². The number of hydrogen-bond acceptors (Lipinski definition) is 4. The van der Waals surface area contributed by atoms with Crippen molar-refractivity contribution in [3.63, 3.8) is 0 Å². The number of carbonyl (C=O) groups excluding carboxylic acids is 1. The molecule has 0 radical (unpaired) electrons. The zero-order chi connectivity index (χ0) is 21.2. The minimum Gasteiger partial charge on any atom is -0.388 e. The van der Waals surface area contributed by atoms with Crippen LogP contribution in [0.2, 0.25) is 0 Å². The number of sulfonamides is 1. The Morgan fingerprint density at radius 3 is 2.33 bits per heavy atom. The van der Waals surface area contributed by atoms with E-state index in [0.717, 1.165) is 31.2 Å². The Morgan fingerprint density at radius 2 is 1.70 bits per heavy atom. The second-order valence-electron chi connectivity index (χ2n) is 8.33. The van der Waals surface area contributed by atoms with E-state index in [1.54, 1.807) is 30.3 Å². The topological polar surface area (TPSA) is 86.7 Å². The SMILES string of the molecule is O=C(NCC1([C@H](O)c2ccccc2)CC1)[C@H]1CCCCN1S(=O)(=O)c1ccccc1. The molecule has 2 fully saturated rings. The fourth-order valence-electron chi connectivity index (χ4n) is 4.26. The highest BCUT2D eigenvalue weighted by Crippen LogP contribution is 2.54. The largest absolute Gasteiger partial charge is 0.388 e. The first-order valence-electron chi connectivity index (χ1n) is 10.5. The molecule has 1 heterocycles. The average molecular weight is 429 g/mol. The van der Waals surface area contributed by atoms with Crippen LogP contribution in [0.1, 0.15) is 43.8 Å². The molecular weight excluding hydrogens is 400 g/mol. The highest BCUT2D eigenvalue weighted by molar-refractivity contribution is 7.89. The van der Waals surface area contributed by atoms with Gasteiger partial charge in [-0.15, -0.1) is 0 Å². The van der Waals surface area contributed by atoms with Crippen LogP contribution in [0.15, 0.2) is 65.6 Å². The van der Waals surface area contributed by atoms with E-state index in [1.807, 2.05) is 30.3 Å². The molecule has 0 unspecified atom stereocenters. The van der Waals surface area contributed by atoms with Crippen molar-refractivity contribution in [1.29, 1.82) is 0 Å². The van der Waals surface area contributed by atoms with Gasteiger partial charge in [-0.3, -0.25) is 4.79 Å². The van der Waals surface area contributed by atoms with Crippen LogP contribution in [0.5, 0.6) is 0 Å². The zero-order valence-corrected chi connectivity index (χ0v) is 17.7. The second-order valence-corrected chi connectivity index (χ2v) is 10.2. The molecule has 30 heavy (non-hydrogen) atoms. The number of nitrogens with one attached hydrogen (secondary N) is 1. The molecule has 1 aliphatic heterocycles. The molecule has 2 aromatic rings. The molecule has 160 valence electrons. The summed E-state index contributed by atoms with van der Waals surface area (Å²) in [5.41, 5.74) is 0.477. The summed E-state index contributed by atoms with van der Waals surface area (Å²) in [4.78, 5) is 13.2. The maximum absolute atomic E-state index is 13.1. The summed E-state index contributed by atoms with van der Waals surface area (Å²) in [6.07, 6.45) is 3.09. The van der Waals surface area contributed by atoms with Crippen molar-refractivity contribution in [2.24, 2.45) is 5.41 Å². The normalized spacial score (nSPS) is 22.2. The summed E-state index contributed by atoms with van der Waals surface area (Å²) in [5, 5.41) is 13.8. The molecule has 0 bridgehead atoms. The maximum atomic E-state index is 13.1. The van der Waals surface area contributed by atoms with Crippen LogP contribution < -0.4 is 5.32 Å². The van der Waals surface area contributed by atoms with E-state index in [4.69, 9.17) is 0 Å². The minimum absolute atomic E-state index is 0.211. The highest BCUT2D eigenvalue weighted by Gasteiger charge is 2.50. The molecule has 1 amide bonds. The number of nitrogens with zero attached hydrogens (tertiary/aromatic N) is 1. The Bertz CT molecular complexity index is 975. The van der Waals surface area contributed by atoms with E-state index in [2.05, 4.69) is 5.32 Å². The van der Waals surface area contributed by atoms with Crippen molar-refractivity contribution in [3.8, 4) is 0 Å². The lowest BCUT2D eigenvalue weighted by Crippen LogP contribution is -2.52. The van der Waals surface area contributed by atoms with Crippen molar-refractivity contribution in [3.05, 3.63) is 66.2 Å². The van der Waals surface area contributed by atoms with Crippen molar-refractivity contribution in [1.82, 2.24) is 9.62 Å². The smallest absolute Gasteiger partial charge is 0.243 e. The standard InChI is InChI=1S/C23H28N2O4S/c26-21(18-9-3-1-4-10-18)23(14-15-23)17-24-22(27)20-13-7-8-16-25(20)30(28,29)19-11-5-2-6-12-19/h1-6,9-12,20-21,26H,7-8,13-17H2,(H,24,27)/t20-,21-/m1/s1. The highest BCUT2D eigenvalue weighted by atomic mass is 32.2. The van der Waals surface area contributed by atoms with Gasteiger partial charge in [-0.25, -0.2) is 8.42 Å². The van der Waals surface area contributed by atoms with Gasteiger partial charge in [0.15, 0.2) is 0 Å². The van der Waals surface area contributed by atoms with Gasteiger partial charge >= 0.3 is 0 Å². The van der Waals surface area contributed by atoms with Gasteiger partial charge in [-0.05, 0) is 43.4 Å². The molecule has 2 atom stereocenters. The van der Waals surface area contributed by atoms with Gasteiger partial charge in [0.05, 0.1) is 11.0 Å². The average Bonchev–Trinajstić information content (AvgIpc) is 3.59. The van der Waals surface area contributed by atoms with Crippen molar-refractivity contribution >= 4 is 15.9 Å². The summed E-state index contributed by atoms with van der Waals surface area (Å²) in [7, 11) is -3.73. The van der Waals surface area contributed by atoms with Gasteiger partial charge in [-0.1, -0.05) is 55.0 Å². The van der Waals surface area contributed by atoms with Crippen LogP contribution in [0, 0.1) is 5.41 Å². The quantitative estimate of drug-likeness (QED) is 0.710. The number of carbonyl (C=O) groups is 1. The predicted molar refractivity (Wildman–Crippen MR) is 114 cm³/mol. The molecule has 4 rings (SSSR count). The number of aliphatic hydroxyl groups is 1. The van der Waals surface area contributed by atoms with Crippen molar-refractivity contribution in [2.45, 2.75) is 49.1 Å². The fourth-order valence-corrected chi connectivity index (χ4v) is 5.94. The third-order valence-electron chi connectivity index (χ3n) is 6.31. The summed E-state index contributed by atoms with van der Waals surface area (Å²) in [5.74, 6) is -0.277. The van der Waals surface area contributed by atoms with Crippen LogP contribution in [-0.2, 0) is 14.8 Å². The van der Waals surface area contributed by atoms with Crippen LogP contribution in [0.3, 0.4) is 0 Å². The van der Waals surface area contributed by atoms with Gasteiger partial charge in [0, 0.05) is 18.5 Å². The van der Waals surface area contributed by atoms with E-state index in [-0.39, 0.29) is 16.2 Å². The Morgan fingerprint density at radius 1 is 1.07 bits per heavy atom. The van der Waals surface area contributed by atoms with E-state index in [1.165, 1.54) is 4.31 Å². The number of piperidine rings is 1. The van der Waals surface area contributed by atoms with Gasteiger partial charge < -0.3 is 10.4 Å². The molecule has 2 aliphatic rings. The lowest BCUT2D eigenvalue weighted by atomic mass is 9.92. The molecule has 1 saturated carbocycles. The number of hydrogen-bond donors (Lipinski definition) is 2. The molecular formula is C23H28N2O4S. The zero-order valence-electron chi connectivity index (χ0n) is 16.9. The first kappa shape index (κ1) is 21.0. The lowest BCUT2D eigenvalue weighted by Gasteiger charge is -2.34. The number of benzene rings is 2. The third-order valence-corrected chi connectivity index (χ3v) is 8.23. The lowest BCUT2D eigenvalue weighted by molar-refractivity contribution is -0.126. The van der Waals surface area contributed by atoms with Gasteiger partial charge in [0.2, 0.25) is 15.9 Å². The Hall–Kier alpha value is -2.22. The molecule has 2 aromatic carbocycles. The van der Waals surface area contributed by atoms with Crippen LogP contribution >= 0.6 is 0 Å². The first-order chi connectivity index (χ1) is 14.4. The predicted octanol–water partition coefficient (Wildman–Crippen LogP) is 2.86. The molecule has 1 aliphatic carbocycles. The molecule has 0 spiro atoms. The Kier molecular flexibility index (Phi) is 5.95. The van der Waals surface area contributed by atoms with Crippen molar-refractivity contribution < 1.29 is 18.3 Å². The fraction of sp³-hybridized carbons (Fsp3) is 0.435. The third kappa shape index (κ3) is 4.15. The monoisotopic (exact) mass is 428 g/mol. The van der Waals surface area contributed by atoms with Gasteiger partial charge in [0.25, 0.3) is 0 Å². The summed E-state index contributed by atoms with van der Waals surface area (Å²) >= 11 is 0. The summed E-state index contributed by atoms with van der Waals surface area (Å²) in [6, 6.07) is 17.0. The summed E-state index contributed by atoms with van der Waals surface area (Å²) < 4.78 is 27.6. The Balaban J connectivity index is 1.46. The van der Waals surface area contributed by atoms with E-state index in [9.17, 15) is 18.3 Å². The molecule has 2 N–H and O–H groups in total. The Labute approximate surface area is 178 Å². The number of rotatable bonds is 7. The minimum atomic E-state index is -3.73. The molecule has 6 nitrogen and oxygen atoms in total. The van der Waals surface area contributed by atoms with Gasteiger partial charge in [0.1, 0.15) is 6.04 Å². The first-order valence-corrected chi connectivity index (χ1v) is 12.0. The maximum Gasteiger partial charge on any atom is 0.243 e. The number of aliphatic hydroxyl groups excluding tert-OH is 1. The molecule has 0 aromatic heterocycles. The molecule has 7 heteroatoms. The van der Waals surface area contributed by atoms with E-state index >= 15 is 0 Å². The summed E-state index contributed by atoms with van der Waals surface area (Å²) in [6.45, 7) is 0.685. The van der Waals surface area contributed by atoms with Crippen molar-refractivity contribution in [2.75, 3.05) is 13.1 Å². The van der Waals surface area contributed by atoms with Crippen LogP contribution in [0.25, 0.3) is 0 Å². The second kappa shape index (κ2) is 8.49. The van der Waals surface area contributed by atoms with Crippen LogP contribution in [0.4, 0.5) is 0 Å². The van der Waals surface area contributed by atoms with Gasteiger partial charge in [-0.2, -0.15) is 4.31 Å². The number of amides is 1.